The summed E-state index contributed by atoms with van der Waals surface area (Å²) in [5.74, 6) is 0.140. The largest absolute Gasteiger partial charge is 0.332 e. The molecule has 0 saturated carbocycles. The van der Waals surface area contributed by atoms with E-state index in [2.05, 4.69) is 16.9 Å². The van der Waals surface area contributed by atoms with E-state index < -0.39 is 10.0 Å². The van der Waals surface area contributed by atoms with Crippen molar-refractivity contribution in [1.29, 1.82) is 0 Å². The quantitative estimate of drug-likeness (QED) is 0.390. The normalized spacial score (nSPS) is 11.5. The predicted octanol–water partition coefficient (Wildman–Crippen LogP) is 4.88. The molecule has 0 fully saturated rings. The molecule has 0 unspecified atom stereocenters. The molecule has 5 nitrogen and oxygen atoms in total. The number of rotatable bonds is 12. The highest BCUT2D eigenvalue weighted by Crippen LogP contribution is 2.18. The van der Waals surface area contributed by atoms with Gasteiger partial charge in [0.2, 0.25) is 15.9 Å². The van der Waals surface area contributed by atoms with Gasteiger partial charge in [0.25, 0.3) is 0 Å². The van der Waals surface area contributed by atoms with Crippen LogP contribution < -0.4 is 4.72 Å². The molecule has 0 aliphatic heterocycles. The Bertz CT molecular complexity index is 949. The van der Waals surface area contributed by atoms with Crippen LogP contribution in [-0.4, -0.2) is 25.8 Å². The summed E-state index contributed by atoms with van der Waals surface area (Å²) in [5.41, 5.74) is 0. The van der Waals surface area contributed by atoms with E-state index in [1.54, 1.807) is 53.0 Å². The van der Waals surface area contributed by atoms with E-state index in [1.165, 1.54) is 9.75 Å². The van der Waals surface area contributed by atoms with E-state index in [1.807, 2.05) is 27.8 Å². The monoisotopic (exact) mass is 462 g/mol. The third-order valence-electron chi connectivity index (χ3n) is 4.62. The van der Waals surface area contributed by atoms with Crippen LogP contribution in [-0.2, 0) is 27.9 Å². The lowest BCUT2D eigenvalue weighted by atomic mass is 10.1. The second-order valence-corrected chi connectivity index (χ2v) is 10.8. The average Bonchev–Trinajstić information content (AvgIpc) is 3.45. The molecule has 2 heterocycles. The molecule has 3 rings (SSSR count). The first-order chi connectivity index (χ1) is 14.5. The summed E-state index contributed by atoms with van der Waals surface area (Å²) in [5, 5.41) is 4.05. The van der Waals surface area contributed by atoms with Crippen molar-refractivity contribution < 1.29 is 13.2 Å². The molecule has 8 heteroatoms. The number of unbranched alkanes of at least 4 members (excludes halogenated alkanes) is 2. The van der Waals surface area contributed by atoms with Gasteiger partial charge in [-0.25, -0.2) is 13.1 Å². The Morgan fingerprint density at radius 2 is 1.47 bits per heavy atom. The number of nitrogens with zero attached hydrogens (tertiary/aromatic N) is 1. The van der Waals surface area contributed by atoms with E-state index >= 15 is 0 Å². The Morgan fingerprint density at radius 3 is 2.03 bits per heavy atom. The van der Waals surface area contributed by atoms with Gasteiger partial charge in [-0.15, -0.1) is 22.7 Å². The fourth-order valence-electron chi connectivity index (χ4n) is 3.04. The van der Waals surface area contributed by atoms with Crippen molar-refractivity contribution in [2.45, 2.75) is 43.7 Å². The molecule has 1 aromatic carbocycles. The minimum Gasteiger partial charge on any atom is -0.332 e. The van der Waals surface area contributed by atoms with Crippen LogP contribution in [0.3, 0.4) is 0 Å². The summed E-state index contributed by atoms with van der Waals surface area (Å²) in [4.78, 5) is 17.3. The topological polar surface area (TPSA) is 66.5 Å². The Labute approximate surface area is 186 Å². The number of carbonyl (C=O) groups is 1. The molecule has 160 valence electrons. The van der Waals surface area contributed by atoms with E-state index in [-0.39, 0.29) is 10.8 Å². The second-order valence-electron chi connectivity index (χ2n) is 6.93. The van der Waals surface area contributed by atoms with Crippen molar-refractivity contribution in [2.75, 3.05) is 6.54 Å². The van der Waals surface area contributed by atoms with Crippen molar-refractivity contribution in [1.82, 2.24) is 9.62 Å². The molecule has 0 saturated heterocycles. The minimum atomic E-state index is -3.46. The van der Waals surface area contributed by atoms with Gasteiger partial charge in [0, 0.05) is 22.7 Å². The van der Waals surface area contributed by atoms with Crippen molar-refractivity contribution in [3.8, 4) is 0 Å². The maximum Gasteiger partial charge on any atom is 0.240 e. The maximum absolute atomic E-state index is 12.8. The molecule has 0 aliphatic carbocycles. The minimum absolute atomic E-state index is 0.140. The average molecular weight is 463 g/mol. The molecule has 1 amide bonds. The Hall–Kier alpha value is -2.00. The van der Waals surface area contributed by atoms with Crippen LogP contribution in [0.25, 0.3) is 0 Å². The van der Waals surface area contributed by atoms with E-state index in [4.69, 9.17) is 0 Å². The van der Waals surface area contributed by atoms with Gasteiger partial charge in [0.1, 0.15) is 0 Å². The number of thiophene rings is 2. The number of carbonyl (C=O) groups excluding carboxylic acids is 1. The van der Waals surface area contributed by atoms with E-state index in [0.717, 1.165) is 12.8 Å². The van der Waals surface area contributed by atoms with E-state index in [0.29, 0.717) is 32.5 Å². The summed E-state index contributed by atoms with van der Waals surface area (Å²) in [6.45, 7) is 1.63. The molecule has 0 atom stereocenters. The van der Waals surface area contributed by atoms with Gasteiger partial charge in [-0.2, -0.15) is 0 Å². The Kier molecular flexibility index (Phi) is 8.62. The van der Waals surface area contributed by atoms with Gasteiger partial charge in [0.15, 0.2) is 0 Å². The van der Waals surface area contributed by atoms with Crippen molar-refractivity contribution in [3.05, 3.63) is 75.1 Å². The van der Waals surface area contributed by atoms with Crippen LogP contribution in [0.2, 0.25) is 0 Å². The number of hydrogen-bond donors (Lipinski definition) is 1. The number of hydrogen-bond acceptors (Lipinski definition) is 5. The molecular formula is C22H26N2O3S3. The standard InChI is InChI=1S/C22H26N2O3S3/c25-22(24(17-19-9-7-15-28-19)18-20-10-8-16-29-20)13-5-2-6-14-23-30(26,27)21-11-3-1-4-12-21/h1,3-4,7-12,15-16,23H,2,5-6,13-14,17-18H2. The molecule has 0 radical (unpaired) electrons. The fourth-order valence-corrected chi connectivity index (χ4v) is 5.57. The maximum atomic E-state index is 12.8. The van der Waals surface area contributed by atoms with Gasteiger partial charge < -0.3 is 4.90 Å². The third kappa shape index (κ3) is 7.05. The summed E-state index contributed by atoms with van der Waals surface area (Å²) in [6, 6.07) is 16.5. The second kappa shape index (κ2) is 11.4. The molecule has 0 spiro atoms. The van der Waals surface area contributed by atoms with Gasteiger partial charge in [0.05, 0.1) is 18.0 Å². The highest BCUT2D eigenvalue weighted by molar-refractivity contribution is 7.89. The molecule has 3 aromatic rings. The smallest absolute Gasteiger partial charge is 0.240 e. The van der Waals surface area contributed by atoms with E-state index in [9.17, 15) is 13.2 Å². The fraction of sp³-hybridized carbons (Fsp3) is 0.318. The molecule has 0 aliphatic rings. The summed E-state index contributed by atoms with van der Waals surface area (Å²) >= 11 is 3.32. The Morgan fingerprint density at radius 1 is 0.833 bits per heavy atom. The Balaban J connectivity index is 1.41. The van der Waals surface area contributed by atoms with Crippen LogP contribution >= 0.6 is 22.7 Å². The van der Waals surface area contributed by atoms with Crippen molar-refractivity contribution in [3.63, 3.8) is 0 Å². The first-order valence-corrected chi connectivity index (χ1v) is 13.2. The van der Waals surface area contributed by atoms with Gasteiger partial charge in [-0.1, -0.05) is 36.8 Å². The van der Waals surface area contributed by atoms with Crippen molar-refractivity contribution >= 4 is 38.6 Å². The lowest BCUT2D eigenvalue weighted by molar-refractivity contribution is -0.132. The van der Waals surface area contributed by atoms with Gasteiger partial charge >= 0.3 is 0 Å². The summed E-state index contributed by atoms with van der Waals surface area (Å²) in [6.07, 6.45) is 2.73. The molecule has 1 N–H and O–H groups in total. The first kappa shape index (κ1) is 22.7. The lowest BCUT2D eigenvalue weighted by Crippen LogP contribution is -2.29. The molecule has 2 aromatic heterocycles. The van der Waals surface area contributed by atoms with Gasteiger partial charge in [-0.05, 0) is 47.9 Å². The predicted molar refractivity (Wildman–Crippen MR) is 123 cm³/mol. The molecular weight excluding hydrogens is 436 g/mol. The van der Waals surface area contributed by atoms with Crippen LogP contribution in [0.15, 0.2) is 70.3 Å². The number of benzene rings is 1. The molecule has 30 heavy (non-hydrogen) atoms. The third-order valence-corrected chi connectivity index (χ3v) is 7.82. The SMILES string of the molecule is O=C(CCCCCNS(=O)(=O)c1ccccc1)N(Cc1cccs1)Cc1cccs1. The van der Waals surface area contributed by atoms with Crippen molar-refractivity contribution in [2.24, 2.45) is 0 Å². The lowest BCUT2D eigenvalue weighted by Gasteiger charge is -2.21. The highest BCUT2D eigenvalue weighted by atomic mass is 32.2. The zero-order valence-corrected chi connectivity index (χ0v) is 19.1. The number of sulfonamides is 1. The molecule has 0 bridgehead atoms. The highest BCUT2D eigenvalue weighted by Gasteiger charge is 2.16. The summed E-state index contributed by atoms with van der Waals surface area (Å²) in [7, 11) is -3.46. The van der Waals surface area contributed by atoms with Crippen LogP contribution in [0, 0.1) is 0 Å². The van der Waals surface area contributed by atoms with Gasteiger partial charge in [-0.3, -0.25) is 4.79 Å². The number of nitrogens with one attached hydrogen (secondary N) is 1. The summed E-state index contributed by atoms with van der Waals surface area (Å²) < 4.78 is 27.0. The first-order valence-electron chi connectivity index (χ1n) is 9.92. The zero-order chi connectivity index (χ0) is 21.2. The van der Waals surface area contributed by atoms with Crippen LogP contribution in [0.1, 0.15) is 35.4 Å². The zero-order valence-electron chi connectivity index (χ0n) is 16.7. The van der Waals surface area contributed by atoms with Crippen LogP contribution in [0.5, 0.6) is 0 Å². The number of amides is 1. The van der Waals surface area contributed by atoms with Crippen LogP contribution in [0.4, 0.5) is 0 Å².